The SMILES string of the molecule is CC(F)(F)F.OCc1ccc(-c2nccn2C2CC2)c(F)c1. The standard InChI is InChI=1S/C13H13FN2O.C2H3F3/c14-12-7-9(8-17)1-4-11(12)13-15-5-6-16(13)10-2-3-10;1-2(3,4)5/h1,4-7,10,17H,2-3,8H2;1H3. The Labute approximate surface area is 125 Å². The molecule has 0 atom stereocenters. The average molecular weight is 316 g/mol. The van der Waals surface area contributed by atoms with Gasteiger partial charge >= 0.3 is 6.18 Å². The summed E-state index contributed by atoms with van der Waals surface area (Å²) in [5.41, 5.74) is 1.08. The molecule has 3 nitrogen and oxygen atoms in total. The van der Waals surface area contributed by atoms with E-state index in [1.165, 1.54) is 6.07 Å². The molecular weight excluding hydrogens is 300 g/mol. The van der Waals surface area contributed by atoms with Crippen molar-refractivity contribution in [1.82, 2.24) is 9.55 Å². The highest BCUT2D eigenvalue weighted by Crippen LogP contribution is 2.38. The van der Waals surface area contributed by atoms with Crippen LogP contribution in [0.5, 0.6) is 0 Å². The highest BCUT2D eigenvalue weighted by Gasteiger charge is 2.26. The zero-order chi connectivity index (χ0) is 16.3. The van der Waals surface area contributed by atoms with Crippen LogP contribution < -0.4 is 0 Å². The molecule has 1 aromatic carbocycles. The Morgan fingerprint density at radius 1 is 1.32 bits per heavy atom. The molecule has 1 heterocycles. The first-order chi connectivity index (χ1) is 10.3. The Bertz CT molecular complexity index is 627. The molecule has 120 valence electrons. The summed E-state index contributed by atoms with van der Waals surface area (Å²) >= 11 is 0. The minimum absolute atomic E-state index is 0.145. The third kappa shape index (κ3) is 4.56. The molecule has 1 aromatic heterocycles. The Hall–Kier alpha value is -1.89. The van der Waals surface area contributed by atoms with E-state index >= 15 is 0 Å². The van der Waals surface area contributed by atoms with E-state index in [-0.39, 0.29) is 19.3 Å². The summed E-state index contributed by atoms with van der Waals surface area (Å²) in [7, 11) is 0. The predicted octanol–water partition coefficient (Wildman–Crippen LogP) is 4.09. The minimum atomic E-state index is -4.00. The van der Waals surface area contributed by atoms with Gasteiger partial charge in [0.25, 0.3) is 0 Å². The van der Waals surface area contributed by atoms with Crippen LogP contribution in [0, 0.1) is 5.82 Å². The van der Waals surface area contributed by atoms with Crippen molar-refractivity contribution in [2.45, 2.75) is 38.6 Å². The van der Waals surface area contributed by atoms with E-state index in [4.69, 9.17) is 5.11 Å². The summed E-state index contributed by atoms with van der Waals surface area (Å²) in [5.74, 6) is 0.346. The Morgan fingerprint density at radius 3 is 2.45 bits per heavy atom. The number of benzene rings is 1. The number of hydrogen-bond acceptors (Lipinski definition) is 2. The Kier molecular flexibility index (Phi) is 4.85. The zero-order valence-corrected chi connectivity index (χ0v) is 11.9. The molecule has 2 aromatic rings. The van der Waals surface area contributed by atoms with Crippen LogP contribution in [-0.4, -0.2) is 20.8 Å². The number of alkyl halides is 3. The normalized spacial score (nSPS) is 14.5. The van der Waals surface area contributed by atoms with Gasteiger partial charge < -0.3 is 9.67 Å². The topological polar surface area (TPSA) is 38.1 Å². The Balaban J connectivity index is 0.000000309. The highest BCUT2D eigenvalue weighted by molar-refractivity contribution is 5.57. The first-order valence-electron chi connectivity index (χ1n) is 6.79. The van der Waals surface area contributed by atoms with Crippen molar-refractivity contribution in [1.29, 1.82) is 0 Å². The average Bonchev–Trinajstić information content (AvgIpc) is 3.15. The second kappa shape index (κ2) is 6.48. The summed E-state index contributed by atoms with van der Waals surface area (Å²) in [6.07, 6.45) is 1.87. The van der Waals surface area contributed by atoms with Crippen LogP contribution >= 0.6 is 0 Å². The maximum atomic E-state index is 13.9. The lowest BCUT2D eigenvalue weighted by Gasteiger charge is -2.08. The lowest BCUT2D eigenvalue weighted by molar-refractivity contribution is -0.110. The van der Waals surface area contributed by atoms with Crippen LogP contribution in [0.15, 0.2) is 30.6 Å². The van der Waals surface area contributed by atoms with Crippen LogP contribution in [0.4, 0.5) is 17.6 Å². The number of nitrogens with zero attached hydrogens (tertiary/aromatic N) is 2. The van der Waals surface area contributed by atoms with Gasteiger partial charge in [0.2, 0.25) is 0 Å². The number of imidazole rings is 1. The monoisotopic (exact) mass is 316 g/mol. The van der Waals surface area contributed by atoms with Crippen LogP contribution in [0.1, 0.15) is 31.4 Å². The van der Waals surface area contributed by atoms with Gasteiger partial charge in [0.15, 0.2) is 0 Å². The molecule has 0 bridgehead atoms. The molecule has 3 rings (SSSR count). The number of aliphatic hydroxyl groups is 1. The van der Waals surface area contributed by atoms with E-state index in [9.17, 15) is 17.6 Å². The largest absolute Gasteiger partial charge is 0.392 e. The van der Waals surface area contributed by atoms with E-state index < -0.39 is 6.18 Å². The molecule has 1 saturated carbocycles. The zero-order valence-electron chi connectivity index (χ0n) is 11.9. The van der Waals surface area contributed by atoms with Gasteiger partial charge in [-0.25, -0.2) is 9.37 Å². The third-order valence-electron chi connectivity index (χ3n) is 3.07. The summed E-state index contributed by atoms with van der Waals surface area (Å²) in [4.78, 5) is 4.22. The van der Waals surface area contributed by atoms with Gasteiger partial charge in [0.1, 0.15) is 11.6 Å². The molecule has 1 aliphatic rings. The summed E-state index contributed by atoms with van der Waals surface area (Å²) in [5, 5.41) is 8.95. The van der Waals surface area contributed by atoms with Crippen molar-refractivity contribution < 1.29 is 22.7 Å². The van der Waals surface area contributed by atoms with Gasteiger partial charge in [-0.05, 0) is 30.5 Å². The first kappa shape index (κ1) is 16.5. The maximum absolute atomic E-state index is 13.9. The van der Waals surface area contributed by atoms with E-state index in [0.717, 1.165) is 12.8 Å². The van der Waals surface area contributed by atoms with Gasteiger partial charge in [0, 0.05) is 25.4 Å². The number of hydrogen-bond donors (Lipinski definition) is 1. The lowest BCUT2D eigenvalue weighted by Crippen LogP contribution is -1.98. The van der Waals surface area contributed by atoms with Crippen molar-refractivity contribution >= 4 is 0 Å². The van der Waals surface area contributed by atoms with Crippen LogP contribution in [0.3, 0.4) is 0 Å². The molecular formula is C15H16F4N2O. The fraction of sp³-hybridized carbons (Fsp3) is 0.400. The molecule has 0 saturated heterocycles. The molecule has 1 N–H and O–H groups in total. The van der Waals surface area contributed by atoms with Gasteiger partial charge in [-0.1, -0.05) is 6.07 Å². The quantitative estimate of drug-likeness (QED) is 0.866. The molecule has 0 unspecified atom stereocenters. The number of rotatable bonds is 3. The second-order valence-electron chi connectivity index (χ2n) is 5.14. The lowest BCUT2D eigenvalue weighted by atomic mass is 10.1. The summed E-state index contributed by atoms with van der Waals surface area (Å²) in [6, 6.07) is 5.25. The Morgan fingerprint density at radius 2 is 1.95 bits per heavy atom. The van der Waals surface area contributed by atoms with E-state index in [1.807, 2.05) is 10.8 Å². The molecule has 0 amide bonds. The van der Waals surface area contributed by atoms with Gasteiger partial charge in [0.05, 0.1) is 12.2 Å². The maximum Gasteiger partial charge on any atom is 0.386 e. The fourth-order valence-electron chi connectivity index (χ4n) is 2.01. The van der Waals surface area contributed by atoms with Gasteiger partial charge in [-0.2, -0.15) is 13.2 Å². The van der Waals surface area contributed by atoms with Crippen molar-refractivity contribution in [2.24, 2.45) is 0 Å². The number of aromatic nitrogens is 2. The molecule has 1 aliphatic carbocycles. The van der Waals surface area contributed by atoms with Crippen LogP contribution in [0.2, 0.25) is 0 Å². The smallest absolute Gasteiger partial charge is 0.386 e. The molecule has 7 heteroatoms. The van der Waals surface area contributed by atoms with E-state index in [2.05, 4.69) is 4.98 Å². The van der Waals surface area contributed by atoms with Gasteiger partial charge in [-0.3, -0.25) is 0 Å². The van der Waals surface area contributed by atoms with E-state index in [1.54, 1.807) is 18.3 Å². The summed E-state index contributed by atoms with van der Waals surface area (Å²) < 4.78 is 47.0. The molecule has 0 spiro atoms. The van der Waals surface area contributed by atoms with Gasteiger partial charge in [-0.15, -0.1) is 0 Å². The van der Waals surface area contributed by atoms with Crippen molar-refractivity contribution in [3.05, 3.63) is 42.0 Å². The van der Waals surface area contributed by atoms with Crippen molar-refractivity contribution in [3.63, 3.8) is 0 Å². The molecule has 0 radical (unpaired) electrons. The van der Waals surface area contributed by atoms with E-state index in [0.29, 0.717) is 23.0 Å². The number of aliphatic hydroxyl groups excluding tert-OH is 1. The first-order valence-corrected chi connectivity index (χ1v) is 6.79. The minimum Gasteiger partial charge on any atom is -0.392 e. The second-order valence-corrected chi connectivity index (χ2v) is 5.14. The molecule has 0 aliphatic heterocycles. The van der Waals surface area contributed by atoms with Crippen LogP contribution in [0.25, 0.3) is 11.4 Å². The van der Waals surface area contributed by atoms with Crippen LogP contribution in [-0.2, 0) is 6.61 Å². The molecule has 1 fully saturated rings. The third-order valence-corrected chi connectivity index (χ3v) is 3.07. The highest BCUT2D eigenvalue weighted by atomic mass is 19.4. The predicted molar refractivity (Wildman–Crippen MR) is 73.5 cm³/mol. The fourth-order valence-corrected chi connectivity index (χ4v) is 2.01. The molecule has 22 heavy (non-hydrogen) atoms. The van der Waals surface area contributed by atoms with Crippen molar-refractivity contribution in [2.75, 3.05) is 0 Å². The van der Waals surface area contributed by atoms with Crippen molar-refractivity contribution in [3.8, 4) is 11.4 Å². The summed E-state index contributed by atoms with van der Waals surface area (Å²) in [6.45, 7) is 0.0429. The number of halogens is 4.